The minimum absolute atomic E-state index is 0.168. The Bertz CT molecular complexity index is 1310. The van der Waals surface area contributed by atoms with Gasteiger partial charge in [-0.2, -0.15) is 5.10 Å². The number of aromatic nitrogens is 3. The second kappa shape index (κ2) is 10.0. The number of anilines is 2. The highest BCUT2D eigenvalue weighted by Crippen LogP contribution is 2.20. The standard InChI is InChI=1S/C25H25N5O4/c1-16(2)30-24-18(13-27-30)11-20(14-26-24)29-25(32)17-7-9-21(10-8-17)34-15-23(31)28-19-5-4-6-22(12-19)33-3/h4-14,16H,15H2,1-3H3,(H,28,31)(H,29,32). The van der Waals surface area contributed by atoms with E-state index in [1.165, 1.54) is 0 Å². The van der Waals surface area contributed by atoms with Crippen molar-refractivity contribution in [1.29, 1.82) is 0 Å². The van der Waals surface area contributed by atoms with Crippen LogP contribution >= 0.6 is 0 Å². The second-order valence-electron chi connectivity index (χ2n) is 7.87. The Labute approximate surface area is 196 Å². The van der Waals surface area contributed by atoms with E-state index in [1.54, 1.807) is 68.0 Å². The summed E-state index contributed by atoms with van der Waals surface area (Å²) in [6, 6.07) is 15.6. The Hall–Kier alpha value is -4.40. The monoisotopic (exact) mass is 459 g/mol. The predicted molar refractivity (Wildman–Crippen MR) is 129 cm³/mol. The zero-order valence-electron chi connectivity index (χ0n) is 19.1. The number of rotatable bonds is 8. The number of hydrogen-bond donors (Lipinski definition) is 2. The number of benzene rings is 2. The van der Waals surface area contributed by atoms with Gasteiger partial charge in [0.1, 0.15) is 11.5 Å². The molecule has 9 nitrogen and oxygen atoms in total. The van der Waals surface area contributed by atoms with Gasteiger partial charge in [0.05, 0.1) is 25.2 Å². The zero-order valence-corrected chi connectivity index (χ0v) is 19.1. The van der Waals surface area contributed by atoms with Crippen LogP contribution < -0.4 is 20.1 Å². The Balaban J connectivity index is 1.32. The molecule has 0 atom stereocenters. The van der Waals surface area contributed by atoms with Crippen molar-refractivity contribution in [1.82, 2.24) is 14.8 Å². The molecule has 4 aromatic rings. The number of fused-ring (bicyclic) bond motifs is 1. The maximum atomic E-state index is 12.6. The maximum absolute atomic E-state index is 12.6. The van der Waals surface area contributed by atoms with E-state index in [1.807, 2.05) is 24.6 Å². The maximum Gasteiger partial charge on any atom is 0.262 e. The highest BCUT2D eigenvalue weighted by Gasteiger charge is 2.11. The van der Waals surface area contributed by atoms with Gasteiger partial charge in [0, 0.05) is 28.7 Å². The summed E-state index contributed by atoms with van der Waals surface area (Å²) >= 11 is 0. The molecule has 0 aliphatic rings. The number of pyridine rings is 1. The summed E-state index contributed by atoms with van der Waals surface area (Å²) in [5, 5.41) is 10.8. The lowest BCUT2D eigenvalue weighted by atomic mass is 10.2. The molecule has 34 heavy (non-hydrogen) atoms. The number of methoxy groups -OCH3 is 1. The van der Waals surface area contributed by atoms with Crippen molar-refractivity contribution in [2.45, 2.75) is 19.9 Å². The molecule has 2 amide bonds. The van der Waals surface area contributed by atoms with Crippen LogP contribution in [0.1, 0.15) is 30.2 Å². The molecule has 2 N–H and O–H groups in total. The minimum atomic E-state index is -0.307. The van der Waals surface area contributed by atoms with Crippen LogP contribution in [0, 0.1) is 0 Å². The molecule has 0 saturated carbocycles. The summed E-state index contributed by atoms with van der Waals surface area (Å²) in [7, 11) is 1.56. The predicted octanol–water partition coefficient (Wildman–Crippen LogP) is 4.29. The smallest absolute Gasteiger partial charge is 0.262 e. The normalized spacial score (nSPS) is 10.8. The van der Waals surface area contributed by atoms with Gasteiger partial charge in [0.15, 0.2) is 12.3 Å². The average molecular weight is 460 g/mol. The Kier molecular flexibility index (Phi) is 6.72. The van der Waals surface area contributed by atoms with E-state index >= 15 is 0 Å². The first-order valence-corrected chi connectivity index (χ1v) is 10.7. The molecule has 2 heterocycles. The van der Waals surface area contributed by atoms with Crippen LogP contribution in [0.5, 0.6) is 11.5 Å². The zero-order chi connectivity index (χ0) is 24.1. The lowest BCUT2D eigenvalue weighted by Crippen LogP contribution is -2.20. The Morgan fingerprint density at radius 3 is 2.50 bits per heavy atom. The largest absolute Gasteiger partial charge is 0.497 e. The third-order valence-electron chi connectivity index (χ3n) is 5.02. The quantitative estimate of drug-likeness (QED) is 0.407. The summed E-state index contributed by atoms with van der Waals surface area (Å²) in [5.41, 5.74) is 2.41. The van der Waals surface area contributed by atoms with E-state index in [0.29, 0.717) is 28.4 Å². The van der Waals surface area contributed by atoms with Crippen LogP contribution in [0.2, 0.25) is 0 Å². The molecule has 0 aliphatic carbocycles. The Morgan fingerprint density at radius 1 is 0.971 bits per heavy atom. The molecule has 2 aromatic heterocycles. The van der Waals surface area contributed by atoms with Crippen LogP contribution in [0.3, 0.4) is 0 Å². The van der Waals surface area contributed by atoms with Crippen molar-refractivity contribution in [2.75, 3.05) is 24.4 Å². The number of nitrogens with one attached hydrogen (secondary N) is 2. The van der Waals surface area contributed by atoms with Crippen molar-refractivity contribution in [2.24, 2.45) is 0 Å². The summed E-state index contributed by atoms with van der Waals surface area (Å²) in [6.07, 6.45) is 3.34. The van der Waals surface area contributed by atoms with Gasteiger partial charge in [-0.15, -0.1) is 0 Å². The molecule has 0 saturated heterocycles. The van der Waals surface area contributed by atoms with Crippen molar-refractivity contribution in [3.05, 3.63) is 72.6 Å². The molecule has 0 bridgehead atoms. The lowest BCUT2D eigenvalue weighted by Gasteiger charge is -2.10. The number of ether oxygens (including phenoxy) is 2. The summed E-state index contributed by atoms with van der Waals surface area (Å²) in [6.45, 7) is 3.90. The highest BCUT2D eigenvalue weighted by molar-refractivity contribution is 6.04. The third-order valence-corrected chi connectivity index (χ3v) is 5.02. The van der Waals surface area contributed by atoms with Crippen molar-refractivity contribution >= 4 is 34.2 Å². The fourth-order valence-electron chi connectivity index (χ4n) is 3.34. The summed E-state index contributed by atoms with van der Waals surface area (Å²) in [4.78, 5) is 29.2. The molecule has 0 radical (unpaired) electrons. The fourth-order valence-corrected chi connectivity index (χ4v) is 3.34. The van der Waals surface area contributed by atoms with Gasteiger partial charge in [-0.25, -0.2) is 9.67 Å². The molecular weight excluding hydrogens is 434 g/mol. The molecule has 9 heteroatoms. The van der Waals surface area contributed by atoms with Crippen molar-refractivity contribution < 1.29 is 19.1 Å². The topological polar surface area (TPSA) is 107 Å². The number of amides is 2. The van der Waals surface area contributed by atoms with Gasteiger partial charge in [-0.05, 0) is 56.3 Å². The summed E-state index contributed by atoms with van der Waals surface area (Å²) in [5.74, 6) is 0.536. The number of carbonyl (C=O) groups excluding carboxylic acids is 2. The molecule has 4 rings (SSSR count). The number of carbonyl (C=O) groups is 2. The average Bonchev–Trinajstić information content (AvgIpc) is 3.27. The second-order valence-corrected chi connectivity index (χ2v) is 7.87. The molecular formula is C25H25N5O4. The highest BCUT2D eigenvalue weighted by atomic mass is 16.5. The van der Waals surface area contributed by atoms with Gasteiger partial charge in [0.2, 0.25) is 0 Å². The van der Waals surface area contributed by atoms with E-state index < -0.39 is 0 Å². The van der Waals surface area contributed by atoms with Crippen LogP contribution in [0.15, 0.2) is 67.0 Å². The molecule has 0 fully saturated rings. The molecule has 2 aromatic carbocycles. The van der Waals surface area contributed by atoms with Gasteiger partial charge >= 0.3 is 0 Å². The van der Waals surface area contributed by atoms with E-state index in [0.717, 1.165) is 11.0 Å². The SMILES string of the molecule is COc1cccc(NC(=O)COc2ccc(C(=O)Nc3cnc4c(cnn4C(C)C)c3)cc2)c1. The lowest BCUT2D eigenvalue weighted by molar-refractivity contribution is -0.118. The fraction of sp³-hybridized carbons (Fsp3) is 0.200. The van der Waals surface area contributed by atoms with E-state index in [9.17, 15) is 9.59 Å². The first kappa shape index (κ1) is 22.8. The summed E-state index contributed by atoms with van der Waals surface area (Å²) < 4.78 is 12.5. The van der Waals surface area contributed by atoms with E-state index in [2.05, 4.69) is 20.7 Å². The van der Waals surface area contributed by atoms with Crippen LogP contribution in [0.4, 0.5) is 11.4 Å². The number of nitrogens with zero attached hydrogens (tertiary/aromatic N) is 3. The van der Waals surface area contributed by atoms with E-state index in [-0.39, 0.29) is 24.5 Å². The van der Waals surface area contributed by atoms with Crippen LogP contribution in [-0.2, 0) is 4.79 Å². The van der Waals surface area contributed by atoms with Gasteiger partial charge < -0.3 is 20.1 Å². The van der Waals surface area contributed by atoms with Gasteiger partial charge in [0.25, 0.3) is 11.8 Å². The molecule has 0 spiro atoms. The van der Waals surface area contributed by atoms with Crippen molar-refractivity contribution in [3.63, 3.8) is 0 Å². The Morgan fingerprint density at radius 2 is 1.76 bits per heavy atom. The minimum Gasteiger partial charge on any atom is -0.497 e. The van der Waals surface area contributed by atoms with Crippen molar-refractivity contribution in [3.8, 4) is 11.5 Å². The molecule has 0 unspecified atom stereocenters. The molecule has 174 valence electrons. The first-order valence-electron chi connectivity index (χ1n) is 10.7. The van der Waals surface area contributed by atoms with E-state index in [4.69, 9.17) is 9.47 Å². The molecule has 0 aliphatic heterocycles. The van der Waals surface area contributed by atoms with Crippen LogP contribution in [-0.4, -0.2) is 40.3 Å². The number of hydrogen-bond acceptors (Lipinski definition) is 6. The third kappa shape index (κ3) is 5.32. The van der Waals surface area contributed by atoms with Gasteiger partial charge in [-0.3, -0.25) is 9.59 Å². The van der Waals surface area contributed by atoms with Crippen LogP contribution in [0.25, 0.3) is 11.0 Å². The van der Waals surface area contributed by atoms with Gasteiger partial charge in [-0.1, -0.05) is 6.07 Å². The first-order chi connectivity index (χ1) is 16.4.